The summed E-state index contributed by atoms with van der Waals surface area (Å²) >= 11 is 0. The average Bonchev–Trinajstić information content (AvgIpc) is 3.07. The second-order valence-corrected chi connectivity index (χ2v) is 6.25. The Kier molecular flexibility index (Phi) is 6.74. The standard InChI is InChI=1S/C19H25N3O3/c1-4-14-6-5-7-15(10-14)21-19(24)9-8-18(23)20-12-16-11-17(13(2)3)22-25-16/h5-7,10-11,13H,4,8-9,12H2,1-3H3,(H,20,23)(H,21,24). The molecule has 25 heavy (non-hydrogen) atoms. The fourth-order valence-electron chi connectivity index (χ4n) is 2.28. The van der Waals surface area contributed by atoms with E-state index in [9.17, 15) is 9.59 Å². The first-order valence-corrected chi connectivity index (χ1v) is 8.59. The third-order valence-electron chi connectivity index (χ3n) is 3.83. The molecule has 2 aromatic rings. The van der Waals surface area contributed by atoms with Crippen LogP contribution >= 0.6 is 0 Å². The van der Waals surface area contributed by atoms with Crippen LogP contribution in [-0.2, 0) is 22.6 Å². The van der Waals surface area contributed by atoms with Crippen molar-refractivity contribution in [3.8, 4) is 0 Å². The lowest BCUT2D eigenvalue weighted by molar-refractivity contribution is -0.124. The van der Waals surface area contributed by atoms with Gasteiger partial charge in [-0.3, -0.25) is 9.59 Å². The average molecular weight is 343 g/mol. The van der Waals surface area contributed by atoms with Crippen LogP contribution in [0.25, 0.3) is 0 Å². The van der Waals surface area contributed by atoms with E-state index >= 15 is 0 Å². The summed E-state index contributed by atoms with van der Waals surface area (Å²) in [5.41, 5.74) is 2.77. The van der Waals surface area contributed by atoms with Crippen molar-refractivity contribution < 1.29 is 14.1 Å². The maximum absolute atomic E-state index is 11.9. The number of carbonyl (C=O) groups is 2. The maximum Gasteiger partial charge on any atom is 0.224 e. The fourth-order valence-corrected chi connectivity index (χ4v) is 2.28. The van der Waals surface area contributed by atoms with E-state index in [1.807, 2.05) is 44.2 Å². The molecule has 0 saturated heterocycles. The number of hydrogen-bond acceptors (Lipinski definition) is 4. The van der Waals surface area contributed by atoms with Gasteiger partial charge in [0.2, 0.25) is 11.8 Å². The van der Waals surface area contributed by atoms with E-state index in [4.69, 9.17) is 4.52 Å². The lowest BCUT2D eigenvalue weighted by Crippen LogP contribution is -2.24. The summed E-state index contributed by atoms with van der Waals surface area (Å²) in [5.74, 6) is 0.520. The summed E-state index contributed by atoms with van der Waals surface area (Å²) in [6.45, 7) is 6.38. The van der Waals surface area contributed by atoms with Gasteiger partial charge in [-0.15, -0.1) is 0 Å². The molecule has 0 aliphatic carbocycles. The van der Waals surface area contributed by atoms with Crippen LogP contribution in [-0.4, -0.2) is 17.0 Å². The van der Waals surface area contributed by atoms with Gasteiger partial charge >= 0.3 is 0 Å². The van der Waals surface area contributed by atoms with Gasteiger partial charge in [0.1, 0.15) is 0 Å². The van der Waals surface area contributed by atoms with E-state index in [1.54, 1.807) is 0 Å². The third-order valence-corrected chi connectivity index (χ3v) is 3.83. The molecule has 2 amide bonds. The summed E-state index contributed by atoms with van der Waals surface area (Å²) in [5, 5.41) is 9.49. The highest BCUT2D eigenvalue weighted by atomic mass is 16.5. The molecular weight excluding hydrogens is 318 g/mol. The number of nitrogens with one attached hydrogen (secondary N) is 2. The van der Waals surface area contributed by atoms with E-state index in [2.05, 4.69) is 22.7 Å². The van der Waals surface area contributed by atoms with Crippen molar-refractivity contribution in [3.63, 3.8) is 0 Å². The smallest absolute Gasteiger partial charge is 0.224 e. The number of benzene rings is 1. The van der Waals surface area contributed by atoms with Crippen molar-refractivity contribution in [2.24, 2.45) is 0 Å². The van der Waals surface area contributed by atoms with Gasteiger partial charge in [0, 0.05) is 24.6 Å². The van der Waals surface area contributed by atoms with Gasteiger partial charge in [0.25, 0.3) is 0 Å². The van der Waals surface area contributed by atoms with Crippen molar-refractivity contribution in [1.82, 2.24) is 10.5 Å². The van der Waals surface area contributed by atoms with Crippen molar-refractivity contribution in [1.29, 1.82) is 0 Å². The molecule has 0 unspecified atom stereocenters. The Bertz CT molecular complexity index is 722. The van der Waals surface area contributed by atoms with Crippen LogP contribution in [0.5, 0.6) is 0 Å². The van der Waals surface area contributed by atoms with Crippen LogP contribution in [0, 0.1) is 0 Å². The largest absolute Gasteiger partial charge is 0.359 e. The molecule has 0 spiro atoms. The lowest BCUT2D eigenvalue weighted by atomic mass is 10.1. The zero-order valence-electron chi connectivity index (χ0n) is 15.0. The minimum absolute atomic E-state index is 0.129. The number of aromatic nitrogens is 1. The first kappa shape index (κ1) is 18.7. The zero-order chi connectivity index (χ0) is 18.2. The molecule has 0 aliphatic rings. The lowest BCUT2D eigenvalue weighted by Gasteiger charge is -2.07. The zero-order valence-corrected chi connectivity index (χ0v) is 15.0. The predicted molar refractivity (Wildman–Crippen MR) is 96.1 cm³/mol. The van der Waals surface area contributed by atoms with E-state index in [0.29, 0.717) is 5.76 Å². The van der Waals surface area contributed by atoms with Gasteiger partial charge in [-0.05, 0) is 30.0 Å². The first-order chi connectivity index (χ1) is 12.0. The number of hydrogen-bond donors (Lipinski definition) is 2. The Morgan fingerprint density at radius 1 is 1.16 bits per heavy atom. The molecule has 0 bridgehead atoms. The Morgan fingerprint density at radius 2 is 1.92 bits per heavy atom. The summed E-state index contributed by atoms with van der Waals surface area (Å²) in [7, 11) is 0. The number of amides is 2. The Morgan fingerprint density at radius 3 is 2.60 bits per heavy atom. The highest BCUT2D eigenvalue weighted by molar-refractivity contribution is 5.93. The van der Waals surface area contributed by atoms with Crippen LogP contribution in [0.2, 0.25) is 0 Å². The van der Waals surface area contributed by atoms with Crippen LogP contribution in [0.15, 0.2) is 34.9 Å². The Balaban J connectivity index is 1.72. The minimum atomic E-state index is -0.194. The molecule has 1 aromatic heterocycles. The van der Waals surface area contributed by atoms with E-state index in [1.165, 1.54) is 0 Å². The normalized spacial score (nSPS) is 10.7. The summed E-state index contributed by atoms with van der Waals surface area (Å²) in [6.07, 6.45) is 1.17. The maximum atomic E-state index is 11.9. The molecule has 0 atom stereocenters. The van der Waals surface area contributed by atoms with Gasteiger partial charge in [0.15, 0.2) is 5.76 Å². The summed E-state index contributed by atoms with van der Waals surface area (Å²) in [4.78, 5) is 23.8. The predicted octanol–water partition coefficient (Wildman–Crippen LogP) is 3.40. The Labute approximate surface area is 148 Å². The van der Waals surface area contributed by atoms with E-state index in [-0.39, 0.29) is 37.1 Å². The SMILES string of the molecule is CCc1cccc(NC(=O)CCC(=O)NCc2cc(C(C)C)no2)c1. The van der Waals surface area contributed by atoms with Crippen LogP contribution in [0.3, 0.4) is 0 Å². The van der Waals surface area contributed by atoms with Gasteiger partial charge in [-0.2, -0.15) is 0 Å². The molecule has 2 N–H and O–H groups in total. The van der Waals surface area contributed by atoms with Crippen molar-refractivity contribution in [3.05, 3.63) is 47.3 Å². The van der Waals surface area contributed by atoms with Gasteiger partial charge in [0.05, 0.1) is 12.2 Å². The molecule has 0 radical (unpaired) electrons. The number of anilines is 1. The van der Waals surface area contributed by atoms with Crippen LogP contribution in [0.4, 0.5) is 5.69 Å². The molecule has 6 nitrogen and oxygen atoms in total. The van der Waals surface area contributed by atoms with Crippen molar-refractivity contribution in [2.45, 2.75) is 52.5 Å². The molecule has 6 heteroatoms. The second-order valence-electron chi connectivity index (χ2n) is 6.25. The van der Waals surface area contributed by atoms with Crippen molar-refractivity contribution >= 4 is 17.5 Å². The topological polar surface area (TPSA) is 84.2 Å². The molecule has 2 rings (SSSR count). The number of aryl methyl sites for hydroxylation is 1. The van der Waals surface area contributed by atoms with Gasteiger partial charge in [-0.25, -0.2) is 0 Å². The van der Waals surface area contributed by atoms with Gasteiger partial charge < -0.3 is 15.2 Å². The summed E-state index contributed by atoms with van der Waals surface area (Å²) < 4.78 is 5.16. The molecule has 0 saturated carbocycles. The molecule has 134 valence electrons. The van der Waals surface area contributed by atoms with Crippen LogP contribution < -0.4 is 10.6 Å². The molecule has 0 fully saturated rings. The highest BCUT2D eigenvalue weighted by Gasteiger charge is 2.10. The van der Waals surface area contributed by atoms with Gasteiger partial charge in [-0.1, -0.05) is 38.1 Å². The quantitative estimate of drug-likeness (QED) is 0.769. The number of carbonyl (C=O) groups excluding carboxylic acids is 2. The van der Waals surface area contributed by atoms with E-state index < -0.39 is 0 Å². The van der Waals surface area contributed by atoms with E-state index in [0.717, 1.165) is 23.4 Å². The minimum Gasteiger partial charge on any atom is -0.359 e. The molecular formula is C19H25N3O3. The van der Waals surface area contributed by atoms with Crippen LogP contribution in [0.1, 0.15) is 56.5 Å². The first-order valence-electron chi connectivity index (χ1n) is 8.59. The highest BCUT2D eigenvalue weighted by Crippen LogP contribution is 2.14. The second kappa shape index (κ2) is 9.01. The number of nitrogens with zero attached hydrogens (tertiary/aromatic N) is 1. The monoisotopic (exact) mass is 343 g/mol. The summed E-state index contributed by atoms with van der Waals surface area (Å²) in [6, 6.07) is 9.53. The molecule has 0 aliphatic heterocycles. The number of rotatable bonds is 8. The Hall–Kier alpha value is -2.63. The fraction of sp³-hybridized carbons (Fsp3) is 0.421. The molecule has 1 heterocycles. The molecule has 1 aromatic carbocycles. The third kappa shape index (κ3) is 6.06. The van der Waals surface area contributed by atoms with Crippen molar-refractivity contribution in [2.75, 3.05) is 5.32 Å².